The first-order valence-electron chi connectivity index (χ1n) is 6.96. The maximum Gasteiger partial charge on any atom is 0.416 e. The standard InChI is InChI=1S/C17H16F3N/c1-11-8-13-2-3-14(9-15(13)10-21-11)12-4-6-16(7-5-12)17(18,19)20/h2-7,9,11,21H,8,10H2,1H3. The maximum atomic E-state index is 12.6. The molecule has 0 bridgehead atoms. The van der Waals surface area contributed by atoms with Crippen molar-refractivity contribution >= 4 is 0 Å². The van der Waals surface area contributed by atoms with Crippen LogP contribution in [0.5, 0.6) is 0 Å². The molecular weight excluding hydrogens is 275 g/mol. The van der Waals surface area contributed by atoms with Gasteiger partial charge in [0.2, 0.25) is 0 Å². The van der Waals surface area contributed by atoms with E-state index < -0.39 is 11.7 Å². The third kappa shape index (κ3) is 2.95. The lowest BCUT2D eigenvalue weighted by Crippen LogP contribution is -2.32. The monoisotopic (exact) mass is 291 g/mol. The SMILES string of the molecule is CC1Cc2ccc(-c3ccc(C(F)(F)F)cc3)cc2CN1. The summed E-state index contributed by atoms with van der Waals surface area (Å²) >= 11 is 0. The van der Waals surface area contributed by atoms with Gasteiger partial charge >= 0.3 is 6.18 Å². The van der Waals surface area contributed by atoms with Gasteiger partial charge in [0.15, 0.2) is 0 Å². The van der Waals surface area contributed by atoms with E-state index in [2.05, 4.69) is 24.4 Å². The van der Waals surface area contributed by atoms with E-state index in [0.29, 0.717) is 6.04 Å². The number of hydrogen-bond donors (Lipinski definition) is 1. The predicted molar refractivity (Wildman–Crippen MR) is 76.9 cm³/mol. The number of nitrogens with one attached hydrogen (secondary N) is 1. The van der Waals surface area contributed by atoms with Crippen LogP contribution in [0.15, 0.2) is 42.5 Å². The highest BCUT2D eigenvalue weighted by Crippen LogP contribution is 2.31. The van der Waals surface area contributed by atoms with E-state index in [4.69, 9.17) is 0 Å². The van der Waals surface area contributed by atoms with Gasteiger partial charge in [-0.05, 0) is 53.8 Å². The molecule has 110 valence electrons. The fourth-order valence-electron chi connectivity index (χ4n) is 2.71. The van der Waals surface area contributed by atoms with Crippen molar-refractivity contribution in [2.75, 3.05) is 0 Å². The Morgan fingerprint density at radius 3 is 2.29 bits per heavy atom. The predicted octanol–water partition coefficient (Wildman–Crippen LogP) is 4.41. The molecule has 0 radical (unpaired) electrons. The van der Waals surface area contributed by atoms with Gasteiger partial charge in [0.05, 0.1) is 5.56 Å². The molecule has 1 unspecified atom stereocenters. The Hall–Kier alpha value is -1.81. The van der Waals surface area contributed by atoms with E-state index in [1.165, 1.54) is 23.3 Å². The minimum atomic E-state index is -4.28. The average molecular weight is 291 g/mol. The summed E-state index contributed by atoms with van der Waals surface area (Å²) in [6.07, 6.45) is -3.29. The summed E-state index contributed by atoms with van der Waals surface area (Å²) in [5, 5.41) is 3.40. The summed E-state index contributed by atoms with van der Waals surface area (Å²) in [6.45, 7) is 2.96. The molecule has 0 saturated carbocycles. The topological polar surface area (TPSA) is 12.0 Å². The lowest BCUT2D eigenvalue weighted by Gasteiger charge is -2.23. The molecule has 3 rings (SSSR count). The van der Waals surface area contributed by atoms with Crippen LogP contribution in [0.25, 0.3) is 11.1 Å². The second-order valence-electron chi connectivity index (χ2n) is 5.54. The van der Waals surface area contributed by atoms with E-state index in [0.717, 1.165) is 36.2 Å². The van der Waals surface area contributed by atoms with Crippen molar-refractivity contribution < 1.29 is 13.2 Å². The fourth-order valence-corrected chi connectivity index (χ4v) is 2.71. The molecule has 0 aromatic heterocycles. The van der Waals surface area contributed by atoms with Crippen molar-refractivity contribution in [3.05, 3.63) is 59.2 Å². The molecule has 1 atom stereocenters. The molecule has 1 N–H and O–H groups in total. The Kier molecular flexibility index (Phi) is 3.49. The van der Waals surface area contributed by atoms with Crippen LogP contribution < -0.4 is 5.32 Å². The van der Waals surface area contributed by atoms with Gasteiger partial charge < -0.3 is 5.32 Å². The van der Waals surface area contributed by atoms with Crippen molar-refractivity contribution in [2.24, 2.45) is 0 Å². The van der Waals surface area contributed by atoms with Gasteiger partial charge in [0, 0.05) is 12.6 Å². The minimum absolute atomic E-state index is 0.467. The van der Waals surface area contributed by atoms with Gasteiger partial charge in [-0.3, -0.25) is 0 Å². The molecule has 1 nitrogen and oxygen atoms in total. The molecule has 21 heavy (non-hydrogen) atoms. The van der Waals surface area contributed by atoms with E-state index in [1.807, 2.05) is 6.07 Å². The maximum absolute atomic E-state index is 12.6. The van der Waals surface area contributed by atoms with Gasteiger partial charge in [-0.25, -0.2) is 0 Å². The third-order valence-electron chi connectivity index (χ3n) is 3.92. The summed E-state index contributed by atoms with van der Waals surface area (Å²) in [4.78, 5) is 0. The minimum Gasteiger partial charge on any atom is -0.310 e. The van der Waals surface area contributed by atoms with E-state index in [1.54, 1.807) is 0 Å². The first kappa shape index (κ1) is 14.1. The zero-order valence-electron chi connectivity index (χ0n) is 11.7. The molecular formula is C17H16F3N. The Morgan fingerprint density at radius 1 is 0.952 bits per heavy atom. The largest absolute Gasteiger partial charge is 0.416 e. The lowest BCUT2D eigenvalue weighted by molar-refractivity contribution is -0.137. The molecule has 4 heteroatoms. The second kappa shape index (κ2) is 5.19. The highest BCUT2D eigenvalue weighted by Gasteiger charge is 2.30. The van der Waals surface area contributed by atoms with Crippen LogP contribution in [0.2, 0.25) is 0 Å². The quantitative estimate of drug-likeness (QED) is 0.821. The van der Waals surface area contributed by atoms with Gasteiger partial charge in [-0.1, -0.05) is 24.3 Å². The van der Waals surface area contributed by atoms with Crippen LogP contribution in [-0.2, 0) is 19.1 Å². The molecule has 0 saturated heterocycles. The van der Waals surface area contributed by atoms with Crippen LogP contribution in [-0.4, -0.2) is 6.04 Å². The second-order valence-corrected chi connectivity index (χ2v) is 5.54. The fraction of sp³-hybridized carbons (Fsp3) is 0.294. The van der Waals surface area contributed by atoms with Gasteiger partial charge in [0.25, 0.3) is 0 Å². The Labute approximate surface area is 121 Å². The molecule has 1 heterocycles. The molecule has 2 aromatic carbocycles. The molecule has 1 aliphatic rings. The molecule has 2 aromatic rings. The van der Waals surface area contributed by atoms with Gasteiger partial charge in [-0.15, -0.1) is 0 Å². The molecule has 0 amide bonds. The Balaban J connectivity index is 1.91. The molecule has 0 aliphatic carbocycles. The van der Waals surface area contributed by atoms with E-state index >= 15 is 0 Å². The van der Waals surface area contributed by atoms with Gasteiger partial charge in [-0.2, -0.15) is 13.2 Å². The highest BCUT2D eigenvalue weighted by molar-refractivity contribution is 5.65. The Morgan fingerprint density at radius 2 is 1.62 bits per heavy atom. The van der Waals surface area contributed by atoms with Crippen molar-refractivity contribution in [1.82, 2.24) is 5.32 Å². The number of benzene rings is 2. The lowest BCUT2D eigenvalue weighted by atomic mass is 9.92. The number of fused-ring (bicyclic) bond motifs is 1. The summed E-state index contributed by atoms with van der Waals surface area (Å²) in [7, 11) is 0. The first-order valence-corrected chi connectivity index (χ1v) is 6.96. The zero-order valence-corrected chi connectivity index (χ0v) is 11.7. The van der Waals surface area contributed by atoms with Crippen molar-refractivity contribution in [3.63, 3.8) is 0 Å². The summed E-state index contributed by atoms with van der Waals surface area (Å²) in [5.41, 5.74) is 3.70. The molecule has 0 fully saturated rings. The summed E-state index contributed by atoms with van der Waals surface area (Å²) < 4.78 is 37.7. The van der Waals surface area contributed by atoms with Crippen LogP contribution in [0.3, 0.4) is 0 Å². The molecule has 0 spiro atoms. The highest BCUT2D eigenvalue weighted by atomic mass is 19.4. The summed E-state index contributed by atoms with van der Waals surface area (Å²) in [6, 6.07) is 11.9. The van der Waals surface area contributed by atoms with E-state index in [-0.39, 0.29) is 0 Å². The number of hydrogen-bond acceptors (Lipinski definition) is 1. The normalized spacial score (nSPS) is 18.4. The average Bonchev–Trinajstić information content (AvgIpc) is 2.46. The smallest absolute Gasteiger partial charge is 0.310 e. The van der Waals surface area contributed by atoms with Crippen LogP contribution in [0.4, 0.5) is 13.2 Å². The Bertz CT molecular complexity index is 644. The first-order chi connectivity index (χ1) is 9.93. The molecule has 1 aliphatic heterocycles. The van der Waals surface area contributed by atoms with Gasteiger partial charge in [0.1, 0.15) is 0 Å². The van der Waals surface area contributed by atoms with Crippen molar-refractivity contribution in [3.8, 4) is 11.1 Å². The summed E-state index contributed by atoms with van der Waals surface area (Å²) in [5.74, 6) is 0. The van der Waals surface area contributed by atoms with Crippen molar-refractivity contribution in [1.29, 1.82) is 0 Å². The number of halogens is 3. The van der Waals surface area contributed by atoms with Crippen LogP contribution >= 0.6 is 0 Å². The van der Waals surface area contributed by atoms with Crippen LogP contribution in [0, 0.1) is 0 Å². The van der Waals surface area contributed by atoms with E-state index in [9.17, 15) is 13.2 Å². The van der Waals surface area contributed by atoms with Crippen molar-refractivity contribution in [2.45, 2.75) is 32.1 Å². The zero-order chi connectivity index (χ0) is 15.0. The number of alkyl halides is 3. The van der Waals surface area contributed by atoms with Crippen LogP contribution in [0.1, 0.15) is 23.6 Å². The number of rotatable bonds is 1. The third-order valence-corrected chi connectivity index (χ3v) is 3.92.